The second kappa shape index (κ2) is 4.67. The van der Waals surface area contributed by atoms with E-state index in [-0.39, 0.29) is 0 Å². The van der Waals surface area contributed by atoms with Gasteiger partial charge in [0.05, 0.1) is 0 Å². The fourth-order valence-corrected chi connectivity index (χ4v) is 1.73. The van der Waals surface area contributed by atoms with Crippen molar-refractivity contribution in [3.8, 4) is 11.1 Å². The number of nitrogen functional groups attached to an aromatic ring is 1. The first-order chi connectivity index (χ1) is 7.79. The van der Waals surface area contributed by atoms with Crippen molar-refractivity contribution in [3.63, 3.8) is 0 Å². The molecule has 0 heterocycles. The van der Waals surface area contributed by atoms with E-state index in [4.69, 9.17) is 5.73 Å². The maximum atomic E-state index is 5.78. The lowest BCUT2D eigenvalue weighted by molar-refractivity contribution is 1.59. The minimum atomic E-state index is 0.800. The van der Waals surface area contributed by atoms with Crippen LogP contribution in [0.4, 0.5) is 5.69 Å². The summed E-state index contributed by atoms with van der Waals surface area (Å²) in [6, 6.07) is 16.4. The van der Waals surface area contributed by atoms with Crippen LogP contribution in [-0.4, -0.2) is 0 Å². The van der Waals surface area contributed by atoms with E-state index in [0.29, 0.717) is 0 Å². The van der Waals surface area contributed by atoms with E-state index in [2.05, 4.69) is 36.4 Å². The van der Waals surface area contributed by atoms with Gasteiger partial charge in [-0.05, 0) is 41.8 Å². The van der Waals surface area contributed by atoms with Gasteiger partial charge in [-0.15, -0.1) is 0 Å². The molecule has 0 aromatic heterocycles. The number of benzene rings is 2. The maximum Gasteiger partial charge on any atom is 0.0320 e. The molecule has 80 valence electrons. The third kappa shape index (κ3) is 2.31. The summed E-state index contributed by atoms with van der Waals surface area (Å²) in [5, 5.41) is 0. The molecule has 0 unspecified atom stereocenters. The van der Waals surface area contributed by atoms with Crippen LogP contribution in [0.25, 0.3) is 17.2 Å². The summed E-state index contributed by atoms with van der Waals surface area (Å²) >= 11 is 0. The summed E-state index contributed by atoms with van der Waals surface area (Å²) < 4.78 is 0. The fourth-order valence-electron chi connectivity index (χ4n) is 1.73. The zero-order valence-electron chi connectivity index (χ0n) is 9.35. The maximum absolute atomic E-state index is 5.78. The highest BCUT2D eigenvalue weighted by molar-refractivity contribution is 5.70. The van der Waals surface area contributed by atoms with Gasteiger partial charge in [0.25, 0.3) is 0 Å². The standard InChI is InChI=1S/C15H15N/c1-2-5-12-6-3-7-13(10-12)14-8-4-9-15(16)11-14/h2-11H,16H2,1H3. The normalized spacial score (nSPS) is 10.8. The topological polar surface area (TPSA) is 26.0 Å². The smallest absolute Gasteiger partial charge is 0.0320 e. The van der Waals surface area contributed by atoms with Gasteiger partial charge in [0.2, 0.25) is 0 Å². The number of allylic oxidation sites excluding steroid dienone is 1. The van der Waals surface area contributed by atoms with Crippen molar-refractivity contribution in [1.29, 1.82) is 0 Å². The van der Waals surface area contributed by atoms with Crippen LogP contribution in [0.5, 0.6) is 0 Å². The van der Waals surface area contributed by atoms with Gasteiger partial charge in [0.1, 0.15) is 0 Å². The lowest BCUT2D eigenvalue weighted by Crippen LogP contribution is -1.85. The molecule has 0 aliphatic carbocycles. The van der Waals surface area contributed by atoms with Gasteiger partial charge in [-0.3, -0.25) is 0 Å². The van der Waals surface area contributed by atoms with E-state index in [1.165, 1.54) is 11.1 Å². The second-order valence-electron chi connectivity index (χ2n) is 3.75. The SMILES string of the molecule is CC=Cc1cccc(-c2cccc(N)c2)c1. The Morgan fingerprint density at radius 3 is 2.31 bits per heavy atom. The monoisotopic (exact) mass is 209 g/mol. The predicted molar refractivity (Wildman–Crippen MR) is 71.0 cm³/mol. The third-order valence-corrected chi connectivity index (χ3v) is 2.47. The highest BCUT2D eigenvalue weighted by Gasteiger charge is 1.97. The number of rotatable bonds is 2. The Kier molecular flexibility index (Phi) is 3.06. The number of hydrogen-bond donors (Lipinski definition) is 1. The largest absolute Gasteiger partial charge is 0.399 e. The van der Waals surface area contributed by atoms with Gasteiger partial charge in [-0.25, -0.2) is 0 Å². The summed E-state index contributed by atoms with van der Waals surface area (Å²) in [5.74, 6) is 0. The first-order valence-corrected chi connectivity index (χ1v) is 5.38. The molecular formula is C15H15N. The molecule has 16 heavy (non-hydrogen) atoms. The third-order valence-electron chi connectivity index (χ3n) is 2.47. The van der Waals surface area contributed by atoms with Crippen LogP contribution in [0.3, 0.4) is 0 Å². The number of anilines is 1. The zero-order valence-corrected chi connectivity index (χ0v) is 9.35. The molecule has 2 aromatic rings. The highest BCUT2D eigenvalue weighted by Crippen LogP contribution is 2.22. The van der Waals surface area contributed by atoms with E-state index < -0.39 is 0 Å². The first-order valence-electron chi connectivity index (χ1n) is 5.38. The molecule has 0 spiro atoms. The molecule has 2 rings (SSSR count). The molecule has 0 saturated carbocycles. The Bertz CT molecular complexity index is 512. The van der Waals surface area contributed by atoms with Gasteiger partial charge in [-0.1, -0.05) is 42.5 Å². The number of hydrogen-bond acceptors (Lipinski definition) is 1. The van der Waals surface area contributed by atoms with Crippen molar-refractivity contribution in [3.05, 3.63) is 60.2 Å². The lowest BCUT2D eigenvalue weighted by Gasteiger charge is -2.04. The minimum absolute atomic E-state index is 0.800. The van der Waals surface area contributed by atoms with Crippen LogP contribution < -0.4 is 5.73 Å². The molecule has 2 aromatic carbocycles. The van der Waals surface area contributed by atoms with Crippen molar-refractivity contribution in [2.24, 2.45) is 0 Å². The quantitative estimate of drug-likeness (QED) is 0.744. The highest BCUT2D eigenvalue weighted by atomic mass is 14.5. The van der Waals surface area contributed by atoms with Gasteiger partial charge >= 0.3 is 0 Å². The molecule has 0 fully saturated rings. The molecule has 0 atom stereocenters. The molecular weight excluding hydrogens is 194 g/mol. The van der Waals surface area contributed by atoms with Crippen LogP contribution >= 0.6 is 0 Å². The van der Waals surface area contributed by atoms with Crippen LogP contribution in [0.2, 0.25) is 0 Å². The Balaban J connectivity index is 2.44. The zero-order chi connectivity index (χ0) is 11.4. The van der Waals surface area contributed by atoms with E-state index in [0.717, 1.165) is 11.3 Å². The summed E-state index contributed by atoms with van der Waals surface area (Å²) in [5.41, 5.74) is 10.1. The molecule has 0 amide bonds. The molecule has 1 nitrogen and oxygen atoms in total. The Morgan fingerprint density at radius 1 is 0.938 bits per heavy atom. The van der Waals surface area contributed by atoms with Crippen LogP contribution in [0.1, 0.15) is 12.5 Å². The molecule has 0 aliphatic rings. The summed E-state index contributed by atoms with van der Waals surface area (Å²) in [7, 11) is 0. The molecule has 0 saturated heterocycles. The van der Waals surface area contributed by atoms with E-state index in [9.17, 15) is 0 Å². The lowest BCUT2D eigenvalue weighted by atomic mass is 10.0. The first kappa shape index (κ1) is 10.5. The average Bonchev–Trinajstić information content (AvgIpc) is 2.30. The minimum Gasteiger partial charge on any atom is -0.399 e. The Hall–Kier alpha value is -2.02. The van der Waals surface area contributed by atoms with Gasteiger partial charge < -0.3 is 5.73 Å². The van der Waals surface area contributed by atoms with Crippen molar-refractivity contribution in [2.75, 3.05) is 5.73 Å². The van der Waals surface area contributed by atoms with Crippen molar-refractivity contribution < 1.29 is 0 Å². The predicted octanol–water partition coefficient (Wildman–Crippen LogP) is 3.97. The van der Waals surface area contributed by atoms with Crippen LogP contribution in [0.15, 0.2) is 54.6 Å². The van der Waals surface area contributed by atoms with Gasteiger partial charge in [-0.2, -0.15) is 0 Å². The van der Waals surface area contributed by atoms with Crippen LogP contribution in [-0.2, 0) is 0 Å². The molecule has 0 aliphatic heterocycles. The summed E-state index contributed by atoms with van der Waals surface area (Å²) in [4.78, 5) is 0. The molecule has 0 bridgehead atoms. The van der Waals surface area contributed by atoms with Crippen LogP contribution in [0, 0.1) is 0 Å². The Morgan fingerprint density at radius 2 is 1.62 bits per heavy atom. The van der Waals surface area contributed by atoms with Crippen molar-refractivity contribution >= 4 is 11.8 Å². The summed E-state index contributed by atoms with van der Waals surface area (Å²) in [6.45, 7) is 2.02. The van der Waals surface area contributed by atoms with E-state index >= 15 is 0 Å². The second-order valence-corrected chi connectivity index (χ2v) is 3.75. The fraction of sp³-hybridized carbons (Fsp3) is 0.0667. The Labute approximate surface area is 96.2 Å². The molecule has 2 N–H and O–H groups in total. The molecule has 0 radical (unpaired) electrons. The molecule has 1 heteroatoms. The average molecular weight is 209 g/mol. The van der Waals surface area contributed by atoms with Crippen molar-refractivity contribution in [1.82, 2.24) is 0 Å². The van der Waals surface area contributed by atoms with Crippen molar-refractivity contribution in [2.45, 2.75) is 6.92 Å². The van der Waals surface area contributed by atoms with Gasteiger partial charge in [0.15, 0.2) is 0 Å². The van der Waals surface area contributed by atoms with Gasteiger partial charge in [0, 0.05) is 5.69 Å². The van der Waals surface area contributed by atoms with E-state index in [1.54, 1.807) is 0 Å². The van der Waals surface area contributed by atoms with E-state index in [1.807, 2.05) is 31.2 Å². The number of nitrogens with two attached hydrogens (primary N) is 1. The summed E-state index contributed by atoms with van der Waals surface area (Å²) in [6.07, 6.45) is 4.13.